The lowest BCUT2D eigenvalue weighted by atomic mass is 10.1. The van der Waals surface area contributed by atoms with Gasteiger partial charge in [-0.1, -0.05) is 112 Å². The third kappa shape index (κ3) is 4.06. The molecule has 0 aliphatic heterocycles. The smallest absolute Gasteiger partial charge is 0.261 e. The molecule has 0 spiro atoms. The average Bonchev–Trinajstić information content (AvgIpc) is 2.69. The van der Waals surface area contributed by atoms with Gasteiger partial charge in [-0.05, 0) is 21.0 Å². The van der Waals surface area contributed by atoms with Gasteiger partial charge >= 0.3 is 0 Å². The van der Waals surface area contributed by atoms with E-state index in [-0.39, 0.29) is 11.6 Å². The molecule has 0 fully saturated rings. The van der Waals surface area contributed by atoms with Gasteiger partial charge in [0, 0.05) is 0 Å². The van der Waals surface area contributed by atoms with Crippen LogP contribution in [0.3, 0.4) is 0 Å². The van der Waals surface area contributed by atoms with Crippen LogP contribution >= 0.6 is 0 Å². The monoisotopic (exact) mass is 376 g/mol. The first-order valence-electron chi connectivity index (χ1n) is 9.43. The summed E-state index contributed by atoms with van der Waals surface area (Å²) < 4.78 is 6.77. The Labute approximate surface area is 163 Å². The van der Waals surface area contributed by atoms with Crippen LogP contribution in [0.15, 0.2) is 91.0 Å². The summed E-state index contributed by atoms with van der Waals surface area (Å²) in [6.07, 6.45) is -0.646. The molecule has 0 saturated carbocycles. The van der Waals surface area contributed by atoms with Crippen LogP contribution in [0.4, 0.5) is 0 Å². The van der Waals surface area contributed by atoms with E-state index in [1.54, 1.807) is 0 Å². The van der Waals surface area contributed by atoms with Crippen molar-refractivity contribution >= 4 is 18.7 Å². The molecule has 3 heteroatoms. The minimum atomic E-state index is -2.60. The summed E-state index contributed by atoms with van der Waals surface area (Å²) in [4.78, 5) is 0. The van der Waals surface area contributed by atoms with Crippen molar-refractivity contribution in [3.63, 3.8) is 0 Å². The van der Waals surface area contributed by atoms with Crippen LogP contribution in [0, 0.1) is 0 Å². The van der Waals surface area contributed by atoms with E-state index in [2.05, 4.69) is 69.3 Å². The molecule has 0 amide bonds. The van der Waals surface area contributed by atoms with E-state index < -0.39 is 14.4 Å². The second-order valence-corrected chi connectivity index (χ2v) is 12.2. The molecule has 0 heterocycles. The van der Waals surface area contributed by atoms with Crippen LogP contribution in [0.25, 0.3) is 0 Å². The number of hydrogen-bond acceptors (Lipinski definition) is 2. The predicted molar refractivity (Wildman–Crippen MR) is 115 cm³/mol. The molecule has 0 aliphatic rings. The van der Waals surface area contributed by atoms with Gasteiger partial charge in [-0.25, -0.2) is 0 Å². The van der Waals surface area contributed by atoms with Crippen molar-refractivity contribution in [2.24, 2.45) is 0 Å². The molecule has 0 saturated heterocycles. The van der Waals surface area contributed by atoms with Crippen LogP contribution in [-0.4, -0.2) is 20.0 Å². The molecule has 0 aliphatic carbocycles. The number of rotatable bonds is 6. The molecule has 27 heavy (non-hydrogen) atoms. The summed E-state index contributed by atoms with van der Waals surface area (Å²) in [7, 11) is -2.60. The highest BCUT2D eigenvalue weighted by atomic mass is 28.4. The normalized spacial score (nSPS) is 13.3. The van der Waals surface area contributed by atoms with E-state index in [0.29, 0.717) is 0 Å². The van der Waals surface area contributed by atoms with Gasteiger partial charge in [-0.3, -0.25) is 0 Å². The van der Waals surface area contributed by atoms with Gasteiger partial charge in [0.05, 0.1) is 6.61 Å². The van der Waals surface area contributed by atoms with E-state index in [0.717, 1.165) is 5.56 Å². The van der Waals surface area contributed by atoms with Crippen molar-refractivity contribution in [3.8, 4) is 0 Å². The molecule has 0 unspecified atom stereocenters. The topological polar surface area (TPSA) is 29.5 Å². The SMILES string of the molecule is CC(C)(C)[Si](OC[C@@H](O)c1ccccc1)(c1ccccc1)c1ccccc1. The zero-order valence-corrected chi connectivity index (χ0v) is 17.3. The fraction of sp³-hybridized carbons (Fsp3) is 0.250. The summed E-state index contributed by atoms with van der Waals surface area (Å²) in [6.45, 7) is 7.01. The number of benzene rings is 3. The lowest BCUT2D eigenvalue weighted by Crippen LogP contribution is -2.66. The maximum atomic E-state index is 10.7. The lowest BCUT2D eigenvalue weighted by molar-refractivity contribution is 0.103. The Balaban J connectivity index is 2.04. The second-order valence-electron chi connectivity index (χ2n) is 7.90. The number of aliphatic hydroxyl groups excluding tert-OH is 1. The van der Waals surface area contributed by atoms with Crippen molar-refractivity contribution in [3.05, 3.63) is 96.6 Å². The van der Waals surface area contributed by atoms with Gasteiger partial charge in [-0.15, -0.1) is 0 Å². The average molecular weight is 377 g/mol. The van der Waals surface area contributed by atoms with Gasteiger partial charge < -0.3 is 9.53 Å². The molecule has 3 aromatic rings. The van der Waals surface area contributed by atoms with E-state index in [1.165, 1.54) is 10.4 Å². The quantitative estimate of drug-likeness (QED) is 0.650. The number of aliphatic hydroxyl groups is 1. The van der Waals surface area contributed by atoms with Crippen LogP contribution in [-0.2, 0) is 4.43 Å². The Bertz CT molecular complexity index is 787. The van der Waals surface area contributed by atoms with Gasteiger partial charge in [0.25, 0.3) is 8.32 Å². The molecule has 0 aromatic heterocycles. The largest absolute Gasteiger partial charge is 0.404 e. The molecule has 140 valence electrons. The van der Waals surface area contributed by atoms with Gasteiger partial charge in [0.15, 0.2) is 0 Å². The van der Waals surface area contributed by atoms with Gasteiger partial charge in [-0.2, -0.15) is 0 Å². The van der Waals surface area contributed by atoms with Crippen molar-refractivity contribution in [2.75, 3.05) is 6.61 Å². The molecule has 0 bridgehead atoms. The van der Waals surface area contributed by atoms with Crippen molar-refractivity contribution in [2.45, 2.75) is 31.9 Å². The Morgan fingerprint density at radius 2 is 1.15 bits per heavy atom. The molecular formula is C24H28O2Si. The van der Waals surface area contributed by atoms with E-state index in [4.69, 9.17) is 4.43 Å². The highest BCUT2D eigenvalue weighted by Gasteiger charge is 2.50. The third-order valence-electron chi connectivity index (χ3n) is 5.06. The summed E-state index contributed by atoms with van der Waals surface area (Å²) >= 11 is 0. The third-order valence-corrected chi connectivity index (χ3v) is 10.1. The standard InChI is InChI=1S/C24H28O2Si/c1-24(2,3)27(21-15-9-5-10-16-21,22-17-11-6-12-18-22)26-19-23(25)20-13-7-4-8-14-20/h4-18,23,25H,19H2,1-3H3/t23-/m1/s1. The molecule has 3 aromatic carbocycles. The van der Waals surface area contributed by atoms with E-state index >= 15 is 0 Å². The highest BCUT2D eigenvalue weighted by Crippen LogP contribution is 2.37. The first-order chi connectivity index (χ1) is 12.9. The van der Waals surface area contributed by atoms with Gasteiger partial charge in [0.2, 0.25) is 0 Å². The Hall–Kier alpha value is -2.20. The van der Waals surface area contributed by atoms with Crippen molar-refractivity contribution in [1.82, 2.24) is 0 Å². The summed E-state index contributed by atoms with van der Waals surface area (Å²) in [5, 5.41) is 13.1. The maximum Gasteiger partial charge on any atom is 0.261 e. The first-order valence-corrected chi connectivity index (χ1v) is 11.3. The van der Waals surface area contributed by atoms with Crippen LogP contribution < -0.4 is 10.4 Å². The molecule has 1 N–H and O–H groups in total. The second kappa shape index (κ2) is 8.22. The zero-order valence-electron chi connectivity index (χ0n) is 16.3. The molecule has 2 nitrogen and oxygen atoms in total. The van der Waals surface area contributed by atoms with Crippen molar-refractivity contribution in [1.29, 1.82) is 0 Å². The molecule has 1 atom stereocenters. The summed E-state index contributed by atoms with van der Waals surface area (Å²) in [5.41, 5.74) is 0.885. The molecule has 0 radical (unpaired) electrons. The fourth-order valence-electron chi connectivity index (χ4n) is 3.74. The maximum absolute atomic E-state index is 10.7. The Morgan fingerprint density at radius 1 is 0.741 bits per heavy atom. The first kappa shape index (κ1) is 19.6. The molecule has 3 rings (SSSR count). The van der Waals surface area contributed by atoms with Crippen LogP contribution in [0.2, 0.25) is 5.04 Å². The Morgan fingerprint density at radius 3 is 1.56 bits per heavy atom. The van der Waals surface area contributed by atoms with Crippen LogP contribution in [0.1, 0.15) is 32.4 Å². The summed E-state index contributed by atoms with van der Waals surface area (Å²) in [5.74, 6) is 0. The van der Waals surface area contributed by atoms with E-state index in [9.17, 15) is 5.11 Å². The van der Waals surface area contributed by atoms with E-state index in [1.807, 2.05) is 42.5 Å². The Kier molecular flexibility index (Phi) is 5.95. The van der Waals surface area contributed by atoms with Gasteiger partial charge in [0.1, 0.15) is 6.10 Å². The minimum absolute atomic E-state index is 0.0912. The summed E-state index contributed by atoms with van der Waals surface area (Å²) in [6, 6.07) is 30.8. The zero-order chi connectivity index (χ0) is 19.3. The van der Waals surface area contributed by atoms with Crippen molar-refractivity contribution < 1.29 is 9.53 Å². The highest BCUT2D eigenvalue weighted by molar-refractivity contribution is 6.99. The minimum Gasteiger partial charge on any atom is -0.404 e. The van der Waals surface area contributed by atoms with Crippen LogP contribution in [0.5, 0.6) is 0 Å². The number of hydrogen-bond donors (Lipinski definition) is 1. The molecular weight excluding hydrogens is 348 g/mol. The fourth-order valence-corrected chi connectivity index (χ4v) is 8.30. The lowest BCUT2D eigenvalue weighted by Gasteiger charge is -2.43. The predicted octanol–water partition coefficient (Wildman–Crippen LogP) is 4.30.